The lowest BCUT2D eigenvalue weighted by Gasteiger charge is -2.16. The number of alkyl carbamates (subject to hydrolysis) is 1. The van der Waals surface area contributed by atoms with Crippen LogP contribution in [-0.4, -0.2) is 46.6 Å². The highest BCUT2D eigenvalue weighted by Crippen LogP contribution is 2.20. The zero-order valence-electron chi connectivity index (χ0n) is 15.0. The lowest BCUT2D eigenvalue weighted by Crippen LogP contribution is -2.33. The van der Waals surface area contributed by atoms with Gasteiger partial charge in [0, 0.05) is 6.61 Å². The summed E-state index contributed by atoms with van der Waals surface area (Å²) in [6.45, 7) is 2.91. The van der Waals surface area contributed by atoms with E-state index in [2.05, 4.69) is 15.0 Å². The third kappa shape index (κ3) is 4.86. The Hall–Kier alpha value is -2.39. The summed E-state index contributed by atoms with van der Waals surface area (Å²) in [6.07, 6.45) is 1.02. The number of rotatable bonds is 6. The molecule has 8 nitrogen and oxygen atoms in total. The fourth-order valence-electron chi connectivity index (χ4n) is 2.86. The van der Waals surface area contributed by atoms with E-state index in [4.69, 9.17) is 4.74 Å². The number of amides is 2. The summed E-state index contributed by atoms with van der Waals surface area (Å²) in [6, 6.07) is 7.09. The molecule has 1 N–H and O–H groups in total. The molecule has 144 valence electrons. The predicted octanol–water partition coefficient (Wildman–Crippen LogP) is 1.94. The van der Waals surface area contributed by atoms with Gasteiger partial charge in [-0.1, -0.05) is 23.9 Å². The maximum absolute atomic E-state index is 12.9. The Morgan fingerprint density at radius 3 is 2.96 bits per heavy atom. The second-order valence-corrected chi connectivity index (χ2v) is 6.96. The van der Waals surface area contributed by atoms with E-state index < -0.39 is 12.0 Å². The van der Waals surface area contributed by atoms with Crippen molar-refractivity contribution >= 4 is 34.7 Å². The molecule has 1 aliphatic heterocycles. The number of nitrogens with zero attached hydrogens (tertiary/aromatic N) is 2. The fourth-order valence-corrected chi connectivity index (χ4v) is 3.67. The maximum Gasteiger partial charge on any atom is 0.413 e. The molecule has 1 aliphatic rings. The number of hydrogen-bond acceptors (Lipinski definition) is 7. The van der Waals surface area contributed by atoms with Gasteiger partial charge in [-0.3, -0.25) is 19.5 Å². The standard InChI is InChI=1S/C18H21N3O5S/c1-2-25-18(24)20-15(22)11-27-17-19-14-8-4-3-7-13(14)16(23)21(17)10-12-6-5-9-26-12/h3-4,7-8,12H,2,5-6,9-11H2,1H3,(H,20,22,24). The van der Waals surface area contributed by atoms with Crippen molar-refractivity contribution in [1.82, 2.24) is 14.9 Å². The number of carbonyl (C=O) groups excluding carboxylic acids is 2. The van der Waals surface area contributed by atoms with Crippen LogP contribution in [-0.2, 0) is 20.8 Å². The first kappa shape index (κ1) is 19.4. The molecule has 2 heterocycles. The Morgan fingerprint density at radius 2 is 2.22 bits per heavy atom. The summed E-state index contributed by atoms with van der Waals surface area (Å²) in [7, 11) is 0. The van der Waals surface area contributed by atoms with Crippen LogP contribution in [0.2, 0.25) is 0 Å². The van der Waals surface area contributed by atoms with Crippen LogP contribution >= 0.6 is 11.8 Å². The summed E-state index contributed by atoms with van der Waals surface area (Å²) in [5.74, 6) is -0.570. The first-order valence-corrected chi connectivity index (χ1v) is 9.77. The number of aromatic nitrogens is 2. The Morgan fingerprint density at radius 1 is 1.41 bits per heavy atom. The highest BCUT2D eigenvalue weighted by molar-refractivity contribution is 7.99. The van der Waals surface area contributed by atoms with Crippen molar-refractivity contribution in [2.75, 3.05) is 19.0 Å². The predicted molar refractivity (Wildman–Crippen MR) is 101 cm³/mol. The highest BCUT2D eigenvalue weighted by atomic mass is 32.2. The van der Waals surface area contributed by atoms with E-state index >= 15 is 0 Å². The molecule has 1 aromatic heterocycles. The molecule has 1 atom stereocenters. The number of imide groups is 1. The number of nitrogens with one attached hydrogen (secondary N) is 1. The average Bonchev–Trinajstić information content (AvgIpc) is 3.16. The molecule has 0 spiro atoms. The van der Waals surface area contributed by atoms with E-state index in [1.807, 2.05) is 0 Å². The molecular formula is C18H21N3O5S. The van der Waals surface area contributed by atoms with Gasteiger partial charge in [0.1, 0.15) is 0 Å². The van der Waals surface area contributed by atoms with E-state index in [1.165, 1.54) is 0 Å². The Labute approximate surface area is 160 Å². The van der Waals surface area contributed by atoms with Gasteiger partial charge in [0.05, 0.1) is 35.9 Å². The molecule has 27 heavy (non-hydrogen) atoms. The summed E-state index contributed by atoms with van der Waals surface area (Å²) in [5, 5.41) is 3.08. The fraction of sp³-hybridized carbons (Fsp3) is 0.444. The van der Waals surface area contributed by atoms with E-state index in [0.29, 0.717) is 29.2 Å². The van der Waals surface area contributed by atoms with E-state index in [0.717, 1.165) is 24.6 Å². The minimum absolute atomic E-state index is 0.0432. The van der Waals surface area contributed by atoms with Crippen molar-refractivity contribution in [3.05, 3.63) is 34.6 Å². The SMILES string of the molecule is CCOC(=O)NC(=O)CSc1nc2ccccc2c(=O)n1CC1CCCO1. The minimum atomic E-state index is -0.786. The summed E-state index contributed by atoms with van der Waals surface area (Å²) in [5.41, 5.74) is 0.406. The van der Waals surface area contributed by atoms with Crippen molar-refractivity contribution in [3.63, 3.8) is 0 Å². The van der Waals surface area contributed by atoms with Crippen LogP contribution in [0.15, 0.2) is 34.2 Å². The van der Waals surface area contributed by atoms with Gasteiger partial charge in [0.2, 0.25) is 5.91 Å². The van der Waals surface area contributed by atoms with Crippen LogP contribution in [0.25, 0.3) is 10.9 Å². The number of ether oxygens (including phenoxy) is 2. The smallest absolute Gasteiger partial charge is 0.413 e. The number of fused-ring (bicyclic) bond motifs is 1. The molecular weight excluding hydrogens is 370 g/mol. The van der Waals surface area contributed by atoms with Crippen molar-refractivity contribution in [2.45, 2.75) is 37.6 Å². The van der Waals surface area contributed by atoms with Crippen LogP contribution in [0, 0.1) is 0 Å². The quantitative estimate of drug-likeness (QED) is 0.593. The molecule has 0 aliphatic carbocycles. The third-order valence-corrected chi connectivity index (χ3v) is 5.06. The van der Waals surface area contributed by atoms with Crippen molar-refractivity contribution in [1.29, 1.82) is 0 Å². The maximum atomic E-state index is 12.9. The molecule has 2 amide bonds. The monoisotopic (exact) mass is 391 g/mol. The highest BCUT2D eigenvalue weighted by Gasteiger charge is 2.21. The number of carbonyl (C=O) groups is 2. The zero-order chi connectivity index (χ0) is 19.2. The van der Waals surface area contributed by atoms with Gasteiger partial charge in [0.25, 0.3) is 5.56 Å². The minimum Gasteiger partial charge on any atom is -0.450 e. The van der Waals surface area contributed by atoms with Crippen molar-refractivity contribution < 1.29 is 19.1 Å². The molecule has 0 saturated carbocycles. The van der Waals surface area contributed by atoms with Gasteiger partial charge in [0.15, 0.2) is 5.16 Å². The summed E-state index contributed by atoms with van der Waals surface area (Å²) < 4.78 is 11.9. The van der Waals surface area contributed by atoms with Gasteiger partial charge < -0.3 is 9.47 Å². The normalized spacial score (nSPS) is 16.4. The second-order valence-electron chi connectivity index (χ2n) is 6.02. The molecule has 2 aromatic rings. The Kier molecular flexibility index (Phi) is 6.46. The largest absolute Gasteiger partial charge is 0.450 e. The van der Waals surface area contributed by atoms with Gasteiger partial charge in [-0.15, -0.1) is 0 Å². The van der Waals surface area contributed by atoms with Gasteiger partial charge >= 0.3 is 6.09 Å². The lowest BCUT2D eigenvalue weighted by atomic mass is 10.2. The first-order chi connectivity index (χ1) is 13.1. The molecule has 1 unspecified atom stereocenters. The van der Waals surface area contributed by atoms with Crippen LogP contribution < -0.4 is 10.9 Å². The van der Waals surface area contributed by atoms with Crippen LogP contribution in [0.3, 0.4) is 0 Å². The van der Waals surface area contributed by atoms with E-state index in [1.54, 1.807) is 35.8 Å². The van der Waals surface area contributed by atoms with Gasteiger partial charge in [-0.2, -0.15) is 0 Å². The van der Waals surface area contributed by atoms with Crippen LogP contribution in [0.4, 0.5) is 4.79 Å². The van der Waals surface area contributed by atoms with Gasteiger partial charge in [-0.05, 0) is 31.9 Å². The number of benzene rings is 1. The molecule has 1 saturated heterocycles. The molecule has 9 heteroatoms. The number of para-hydroxylation sites is 1. The van der Waals surface area contributed by atoms with Crippen LogP contribution in [0.1, 0.15) is 19.8 Å². The van der Waals surface area contributed by atoms with Crippen molar-refractivity contribution in [3.8, 4) is 0 Å². The van der Waals surface area contributed by atoms with E-state index in [-0.39, 0.29) is 24.0 Å². The second kappa shape index (κ2) is 9.01. The summed E-state index contributed by atoms with van der Waals surface area (Å²) in [4.78, 5) is 40.7. The van der Waals surface area contributed by atoms with Gasteiger partial charge in [-0.25, -0.2) is 9.78 Å². The molecule has 3 rings (SSSR count). The number of hydrogen-bond donors (Lipinski definition) is 1. The Balaban J connectivity index is 1.82. The lowest BCUT2D eigenvalue weighted by molar-refractivity contribution is -0.117. The molecule has 1 aromatic carbocycles. The summed E-state index contributed by atoms with van der Waals surface area (Å²) >= 11 is 1.10. The molecule has 0 bridgehead atoms. The topological polar surface area (TPSA) is 99.5 Å². The Bertz CT molecular complexity index is 892. The van der Waals surface area contributed by atoms with Crippen LogP contribution in [0.5, 0.6) is 0 Å². The third-order valence-electron chi connectivity index (χ3n) is 4.09. The molecule has 0 radical (unpaired) electrons. The molecule has 1 fully saturated rings. The first-order valence-electron chi connectivity index (χ1n) is 8.79. The van der Waals surface area contributed by atoms with Crippen molar-refractivity contribution in [2.24, 2.45) is 0 Å². The average molecular weight is 391 g/mol. The number of thioether (sulfide) groups is 1. The van der Waals surface area contributed by atoms with E-state index in [9.17, 15) is 14.4 Å². The zero-order valence-corrected chi connectivity index (χ0v) is 15.8.